The van der Waals surface area contributed by atoms with Gasteiger partial charge >= 0.3 is 0 Å². The van der Waals surface area contributed by atoms with Gasteiger partial charge in [-0.3, -0.25) is 14.6 Å². The number of guanidine groups is 1. The zero-order valence-corrected chi connectivity index (χ0v) is 14.0. The van der Waals surface area contributed by atoms with Crippen LogP contribution in [0, 0.1) is 0 Å². The van der Waals surface area contributed by atoms with Gasteiger partial charge in [-0.15, -0.1) is 0 Å². The van der Waals surface area contributed by atoms with E-state index >= 15 is 0 Å². The molecular formula is C14H27N7O2. The fourth-order valence-corrected chi connectivity index (χ4v) is 2.01. The summed E-state index contributed by atoms with van der Waals surface area (Å²) in [6, 6.07) is -0.344. The summed E-state index contributed by atoms with van der Waals surface area (Å²) in [7, 11) is 3.50. The van der Waals surface area contributed by atoms with Crippen molar-refractivity contribution in [2.24, 2.45) is 10.1 Å². The van der Waals surface area contributed by atoms with E-state index in [2.05, 4.69) is 36.8 Å². The van der Waals surface area contributed by atoms with Crippen molar-refractivity contribution in [1.29, 1.82) is 0 Å². The highest BCUT2D eigenvalue weighted by atomic mass is 16.2. The van der Waals surface area contributed by atoms with Gasteiger partial charge in [0.1, 0.15) is 0 Å². The van der Waals surface area contributed by atoms with Gasteiger partial charge in [-0.05, 0) is 25.8 Å². The molecule has 1 saturated heterocycles. The molecule has 0 aromatic rings. The topological polar surface area (TPSA) is 119 Å². The number of amides is 2. The Kier molecular flexibility index (Phi) is 8.66. The van der Waals surface area contributed by atoms with Gasteiger partial charge in [0.25, 0.3) is 0 Å². The quantitative estimate of drug-likeness (QED) is 0.162. The maximum absolute atomic E-state index is 12.0. The second kappa shape index (κ2) is 10.5. The zero-order valence-electron chi connectivity index (χ0n) is 14.0. The average Bonchev–Trinajstić information content (AvgIpc) is 2.44. The third-order valence-electron chi connectivity index (χ3n) is 3.39. The Morgan fingerprint density at radius 3 is 2.70 bits per heavy atom. The lowest BCUT2D eigenvalue weighted by Gasteiger charge is -2.28. The molecule has 0 saturated carbocycles. The first kappa shape index (κ1) is 18.9. The molecule has 1 aliphatic rings. The number of hydrazone groups is 1. The van der Waals surface area contributed by atoms with E-state index < -0.39 is 0 Å². The Balaban J connectivity index is 2.41. The highest BCUT2D eigenvalue weighted by Gasteiger charge is 2.25. The molecule has 0 spiro atoms. The second-order valence-corrected chi connectivity index (χ2v) is 5.25. The molecule has 23 heavy (non-hydrogen) atoms. The molecule has 1 rings (SSSR count). The first-order chi connectivity index (χ1) is 11.1. The molecule has 0 aromatic heterocycles. The molecule has 5 N–H and O–H groups in total. The predicted octanol–water partition coefficient (Wildman–Crippen LogP) is -1.47. The molecule has 130 valence electrons. The maximum atomic E-state index is 12.0. The second-order valence-electron chi connectivity index (χ2n) is 5.25. The molecule has 9 heteroatoms. The lowest BCUT2D eigenvalue weighted by atomic mass is 10.1. The summed E-state index contributed by atoms with van der Waals surface area (Å²) in [5, 5.41) is 15.9. The van der Waals surface area contributed by atoms with Crippen LogP contribution in [-0.4, -0.2) is 63.3 Å². The van der Waals surface area contributed by atoms with Gasteiger partial charge in [0.05, 0.1) is 12.1 Å². The van der Waals surface area contributed by atoms with E-state index in [1.165, 1.54) is 6.92 Å². The van der Waals surface area contributed by atoms with E-state index in [1.54, 1.807) is 20.3 Å². The van der Waals surface area contributed by atoms with Gasteiger partial charge < -0.3 is 21.3 Å². The number of aliphatic imine (C=N–C) groups is 1. The minimum atomic E-state index is -0.244. The number of nitrogens with zero attached hydrogens (tertiary/aromatic N) is 2. The van der Waals surface area contributed by atoms with Gasteiger partial charge in [0, 0.05) is 33.8 Å². The number of nitrogens with one attached hydrogen (secondary N) is 5. The fourth-order valence-electron chi connectivity index (χ4n) is 2.01. The molecule has 9 nitrogen and oxygen atoms in total. The minimum Gasteiger partial charge on any atom is -0.359 e. The molecule has 1 aliphatic heterocycles. The molecule has 0 aliphatic carbocycles. The van der Waals surface area contributed by atoms with E-state index in [4.69, 9.17) is 0 Å². The summed E-state index contributed by atoms with van der Waals surface area (Å²) >= 11 is 0. The average molecular weight is 325 g/mol. The molecule has 0 unspecified atom stereocenters. The third kappa shape index (κ3) is 7.59. The molecule has 1 heterocycles. The molecule has 2 amide bonds. The van der Waals surface area contributed by atoms with Crippen LogP contribution in [0.25, 0.3) is 0 Å². The summed E-state index contributed by atoms with van der Waals surface area (Å²) in [6.45, 7) is 2.97. The van der Waals surface area contributed by atoms with Gasteiger partial charge in [-0.2, -0.15) is 5.10 Å². The van der Waals surface area contributed by atoms with E-state index in [9.17, 15) is 9.59 Å². The van der Waals surface area contributed by atoms with Crippen molar-refractivity contribution < 1.29 is 9.59 Å². The van der Waals surface area contributed by atoms with Crippen molar-refractivity contribution >= 4 is 24.0 Å². The Bertz CT molecular complexity index is 446. The SMILES string of the molecule is CN=C(NC)NCCC[C@@H](/C=N\NC(C)=O)NC(=O)[C@@H]1CCN1. The van der Waals surface area contributed by atoms with E-state index in [-0.39, 0.29) is 23.9 Å². The molecule has 2 atom stereocenters. The van der Waals surface area contributed by atoms with Crippen molar-refractivity contribution in [3.05, 3.63) is 0 Å². The maximum Gasteiger partial charge on any atom is 0.237 e. The summed E-state index contributed by atoms with van der Waals surface area (Å²) in [6.07, 6.45) is 3.93. The summed E-state index contributed by atoms with van der Waals surface area (Å²) < 4.78 is 0. The summed E-state index contributed by atoms with van der Waals surface area (Å²) in [5.41, 5.74) is 2.35. The Morgan fingerprint density at radius 1 is 1.43 bits per heavy atom. The summed E-state index contributed by atoms with van der Waals surface area (Å²) in [4.78, 5) is 26.9. The minimum absolute atomic E-state index is 0.0329. The van der Waals surface area contributed by atoms with Gasteiger partial charge in [0.15, 0.2) is 5.96 Å². The third-order valence-corrected chi connectivity index (χ3v) is 3.39. The number of hydrogen-bond donors (Lipinski definition) is 5. The Labute approximate surface area is 136 Å². The monoisotopic (exact) mass is 325 g/mol. The van der Waals surface area contributed by atoms with Crippen molar-refractivity contribution in [3.8, 4) is 0 Å². The largest absolute Gasteiger partial charge is 0.359 e. The van der Waals surface area contributed by atoms with Gasteiger partial charge in [-0.1, -0.05) is 0 Å². The number of hydrogen-bond acceptors (Lipinski definition) is 5. The first-order valence-corrected chi connectivity index (χ1v) is 7.78. The zero-order chi connectivity index (χ0) is 17.1. The van der Waals surface area contributed by atoms with Crippen molar-refractivity contribution in [2.45, 2.75) is 38.3 Å². The van der Waals surface area contributed by atoms with Crippen molar-refractivity contribution in [3.63, 3.8) is 0 Å². The van der Waals surface area contributed by atoms with Crippen LogP contribution in [0.1, 0.15) is 26.2 Å². The Morgan fingerprint density at radius 2 is 2.17 bits per heavy atom. The smallest absolute Gasteiger partial charge is 0.237 e. The number of carbonyl (C=O) groups excluding carboxylic acids is 2. The van der Waals surface area contributed by atoms with Crippen LogP contribution >= 0.6 is 0 Å². The molecular weight excluding hydrogens is 298 g/mol. The first-order valence-electron chi connectivity index (χ1n) is 7.78. The number of carbonyl (C=O) groups is 2. The summed E-state index contributed by atoms with van der Waals surface area (Å²) in [5.74, 6) is 0.442. The Hall–Kier alpha value is -2.16. The fraction of sp³-hybridized carbons (Fsp3) is 0.714. The molecule has 1 fully saturated rings. The molecule has 0 aromatic carbocycles. The highest BCUT2D eigenvalue weighted by Crippen LogP contribution is 2.03. The van der Waals surface area contributed by atoms with E-state index in [0.717, 1.165) is 31.9 Å². The molecule has 0 radical (unpaired) electrons. The standard InChI is InChI=1S/C14H27N7O2/c1-10(22)21-19-9-11(20-13(23)12-6-8-17-12)5-4-7-18-14(15-2)16-3/h9,11-12,17H,4-8H2,1-3H3,(H,20,23)(H,21,22)(H2,15,16,18)/b19-9-/t11-,12-/m0/s1. The van der Waals surface area contributed by atoms with Crippen LogP contribution in [0.2, 0.25) is 0 Å². The predicted molar refractivity (Wildman–Crippen MR) is 90.3 cm³/mol. The number of rotatable bonds is 8. The van der Waals surface area contributed by atoms with Crippen LogP contribution in [0.5, 0.6) is 0 Å². The van der Waals surface area contributed by atoms with Crippen molar-refractivity contribution in [1.82, 2.24) is 26.7 Å². The van der Waals surface area contributed by atoms with Crippen LogP contribution in [0.4, 0.5) is 0 Å². The lowest BCUT2D eigenvalue weighted by Crippen LogP contribution is -2.55. The highest BCUT2D eigenvalue weighted by molar-refractivity contribution is 5.86. The van der Waals surface area contributed by atoms with E-state index in [1.807, 2.05) is 0 Å². The normalized spacial score (nSPS) is 18.9. The van der Waals surface area contributed by atoms with E-state index in [0.29, 0.717) is 6.42 Å². The lowest BCUT2D eigenvalue weighted by molar-refractivity contribution is -0.125. The van der Waals surface area contributed by atoms with Crippen LogP contribution < -0.4 is 26.7 Å². The van der Waals surface area contributed by atoms with Gasteiger partial charge in [-0.25, -0.2) is 5.43 Å². The van der Waals surface area contributed by atoms with Gasteiger partial charge in [0.2, 0.25) is 11.8 Å². The van der Waals surface area contributed by atoms with Crippen LogP contribution in [0.15, 0.2) is 10.1 Å². The van der Waals surface area contributed by atoms with Crippen molar-refractivity contribution in [2.75, 3.05) is 27.2 Å². The van der Waals surface area contributed by atoms with Crippen LogP contribution in [0.3, 0.4) is 0 Å². The molecule has 0 bridgehead atoms. The van der Waals surface area contributed by atoms with Crippen LogP contribution in [-0.2, 0) is 9.59 Å².